The first-order valence-electron chi connectivity index (χ1n) is 6.51. The van der Waals surface area contributed by atoms with Gasteiger partial charge in [0.25, 0.3) is 0 Å². The smallest absolute Gasteiger partial charge is 0.399 e. The molecule has 100 valence electrons. The first-order valence-corrected chi connectivity index (χ1v) is 7.33. The van der Waals surface area contributed by atoms with Crippen molar-refractivity contribution in [3.8, 4) is 0 Å². The van der Waals surface area contributed by atoms with Crippen LogP contribution >= 0.6 is 11.3 Å². The number of aromatic nitrogens is 1. The zero-order valence-electron chi connectivity index (χ0n) is 12.0. The summed E-state index contributed by atoms with van der Waals surface area (Å²) in [5, 5.41) is 0. The maximum Gasteiger partial charge on any atom is 0.498 e. The van der Waals surface area contributed by atoms with Crippen molar-refractivity contribution in [1.82, 2.24) is 4.98 Å². The van der Waals surface area contributed by atoms with E-state index in [4.69, 9.17) is 9.31 Å². The molecule has 0 atom stereocenters. The highest BCUT2D eigenvalue weighted by Crippen LogP contribution is 2.37. The van der Waals surface area contributed by atoms with Crippen molar-refractivity contribution < 1.29 is 9.31 Å². The Kier molecular flexibility index (Phi) is 2.79. The Hall–Kier alpha value is -0.905. The molecule has 3 heterocycles. The number of pyridine rings is 1. The van der Waals surface area contributed by atoms with Gasteiger partial charge in [0.2, 0.25) is 0 Å². The third-order valence-electron chi connectivity index (χ3n) is 4.16. The van der Waals surface area contributed by atoms with Crippen molar-refractivity contribution in [2.75, 3.05) is 0 Å². The normalized spacial score (nSPS) is 21.2. The van der Waals surface area contributed by atoms with Gasteiger partial charge in [-0.05, 0) is 46.8 Å². The minimum Gasteiger partial charge on any atom is -0.399 e. The molecule has 5 heteroatoms. The summed E-state index contributed by atoms with van der Waals surface area (Å²) in [6, 6.07) is 4.06. The summed E-state index contributed by atoms with van der Waals surface area (Å²) in [7, 11) is -0.325. The van der Waals surface area contributed by atoms with Gasteiger partial charge >= 0.3 is 7.12 Å². The summed E-state index contributed by atoms with van der Waals surface area (Å²) >= 11 is 1.74. The average molecular weight is 275 g/mol. The summed E-state index contributed by atoms with van der Waals surface area (Å²) in [6.45, 7) is 10.4. The van der Waals surface area contributed by atoms with Crippen LogP contribution in [0.15, 0.2) is 18.3 Å². The minimum absolute atomic E-state index is 0.312. The van der Waals surface area contributed by atoms with Gasteiger partial charge < -0.3 is 9.31 Å². The molecule has 0 radical (unpaired) electrons. The molecule has 1 saturated heterocycles. The average Bonchev–Trinajstić information content (AvgIpc) is 2.72. The Morgan fingerprint density at radius 1 is 1.16 bits per heavy atom. The number of thiophene rings is 1. The van der Waals surface area contributed by atoms with Crippen LogP contribution in [0.3, 0.4) is 0 Å². The van der Waals surface area contributed by atoms with Crippen LogP contribution in [-0.4, -0.2) is 23.3 Å². The van der Waals surface area contributed by atoms with Crippen molar-refractivity contribution in [3.05, 3.63) is 23.2 Å². The summed E-state index contributed by atoms with van der Waals surface area (Å²) in [6.07, 6.45) is 1.82. The molecule has 1 aliphatic heterocycles. The molecule has 0 aliphatic carbocycles. The topological polar surface area (TPSA) is 31.4 Å². The van der Waals surface area contributed by atoms with E-state index in [-0.39, 0.29) is 18.3 Å². The molecule has 1 fully saturated rings. The van der Waals surface area contributed by atoms with Crippen molar-refractivity contribution >= 4 is 34.1 Å². The van der Waals surface area contributed by atoms with Gasteiger partial charge in [-0.1, -0.05) is 0 Å². The zero-order valence-corrected chi connectivity index (χ0v) is 12.8. The number of rotatable bonds is 1. The van der Waals surface area contributed by atoms with Gasteiger partial charge in [0.1, 0.15) is 0 Å². The van der Waals surface area contributed by atoms with E-state index in [1.165, 1.54) is 9.58 Å². The Bertz CT molecular complexity index is 619. The molecular formula is C14H18BNO2S. The second kappa shape index (κ2) is 4.04. The molecule has 0 N–H and O–H groups in total. The van der Waals surface area contributed by atoms with E-state index in [1.807, 2.05) is 12.3 Å². The SMILES string of the molecule is Cc1sc2cccnc2c1B1OC(C)(C)C(C)(C)O1. The van der Waals surface area contributed by atoms with Gasteiger partial charge in [0, 0.05) is 16.5 Å². The van der Waals surface area contributed by atoms with Crippen LogP contribution < -0.4 is 5.46 Å². The van der Waals surface area contributed by atoms with Crippen molar-refractivity contribution in [3.63, 3.8) is 0 Å². The van der Waals surface area contributed by atoms with E-state index < -0.39 is 0 Å². The highest BCUT2D eigenvalue weighted by atomic mass is 32.1. The summed E-state index contributed by atoms with van der Waals surface area (Å²) < 4.78 is 13.5. The fourth-order valence-corrected chi connectivity index (χ4v) is 3.34. The van der Waals surface area contributed by atoms with E-state index >= 15 is 0 Å². The first kappa shape index (κ1) is 13.1. The summed E-state index contributed by atoms with van der Waals surface area (Å²) in [5.74, 6) is 0. The molecule has 0 aromatic carbocycles. The van der Waals surface area contributed by atoms with Crippen LogP contribution in [0.2, 0.25) is 0 Å². The van der Waals surface area contributed by atoms with E-state index in [9.17, 15) is 0 Å². The molecule has 2 aromatic heterocycles. The lowest BCUT2D eigenvalue weighted by Crippen LogP contribution is -2.41. The lowest BCUT2D eigenvalue weighted by molar-refractivity contribution is 0.00578. The Morgan fingerprint density at radius 3 is 2.42 bits per heavy atom. The fraction of sp³-hybridized carbons (Fsp3) is 0.500. The van der Waals surface area contributed by atoms with Crippen molar-refractivity contribution in [2.45, 2.75) is 45.8 Å². The van der Waals surface area contributed by atoms with Crippen molar-refractivity contribution in [1.29, 1.82) is 0 Å². The molecule has 0 unspecified atom stereocenters. The van der Waals surface area contributed by atoms with Crippen LogP contribution in [0.25, 0.3) is 10.2 Å². The number of hydrogen-bond acceptors (Lipinski definition) is 4. The second-order valence-electron chi connectivity index (χ2n) is 6.01. The van der Waals surface area contributed by atoms with Gasteiger partial charge in [0.15, 0.2) is 0 Å². The Balaban J connectivity index is 2.10. The third-order valence-corrected chi connectivity index (χ3v) is 5.23. The van der Waals surface area contributed by atoms with Crippen LogP contribution in [0.4, 0.5) is 0 Å². The third kappa shape index (κ3) is 1.92. The lowest BCUT2D eigenvalue weighted by atomic mass is 9.78. The number of hydrogen-bond donors (Lipinski definition) is 0. The van der Waals surface area contributed by atoms with Crippen LogP contribution in [0.1, 0.15) is 32.6 Å². The molecule has 0 amide bonds. The molecule has 2 aromatic rings. The number of aryl methyl sites for hydroxylation is 1. The highest BCUT2D eigenvalue weighted by molar-refractivity contribution is 7.20. The van der Waals surface area contributed by atoms with E-state index in [1.54, 1.807) is 11.3 Å². The monoisotopic (exact) mass is 275 g/mol. The van der Waals surface area contributed by atoms with Crippen LogP contribution in [-0.2, 0) is 9.31 Å². The maximum absolute atomic E-state index is 6.14. The fourth-order valence-electron chi connectivity index (χ4n) is 2.30. The van der Waals surface area contributed by atoms with E-state index in [2.05, 4.69) is 45.7 Å². The molecule has 0 saturated carbocycles. The largest absolute Gasteiger partial charge is 0.498 e. The summed E-state index contributed by atoms with van der Waals surface area (Å²) in [5.41, 5.74) is 1.46. The lowest BCUT2D eigenvalue weighted by Gasteiger charge is -2.32. The van der Waals surface area contributed by atoms with E-state index in [0.29, 0.717) is 0 Å². The molecule has 0 spiro atoms. The van der Waals surface area contributed by atoms with Gasteiger partial charge in [-0.2, -0.15) is 0 Å². The van der Waals surface area contributed by atoms with Gasteiger partial charge in [-0.3, -0.25) is 4.98 Å². The first-order chi connectivity index (χ1) is 8.82. The zero-order chi connectivity index (χ0) is 13.8. The predicted molar refractivity (Wildman–Crippen MR) is 80.1 cm³/mol. The van der Waals surface area contributed by atoms with Crippen LogP contribution in [0, 0.1) is 6.92 Å². The molecule has 1 aliphatic rings. The quantitative estimate of drug-likeness (QED) is 0.750. The van der Waals surface area contributed by atoms with Gasteiger partial charge in [-0.25, -0.2) is 0 Å². The second-order valence-corrected chi connectivity index (χ2v) is 7.27. The number of nitrogens with zero attached hydrogens (tertiary/aromatic N) is 1. The highest BCUT2D eigenvalue weighted by Gasteiger charge is 2.52. The molecule has 0 bridgehead atoms. The summed E-state index contributed by atoms with van der Waals surface area (Å²) in [4.78, 5) is 5.71. The van der Waals surface area contributed by atoms with Gasteiger partial charge in [0.05, 0.1) is 21.4 Å². The van der Waals surface area contributed by atoms with Crippen molar-refractivity contribution in [2.24, 2.45) is 0 Å². The minimum atomic E-state index is -0.325. The Labute approximate surface area is 118 Å². The predicted octanol–water partition coefficient (Wildman–Crippen LogP) is 2.90. The molecular weight excluding hydrogens is 257 g/mol. The molecule has 3 rings (SSSR count). The molecule has 19 heavy (non-hydrogen) atoms. The van der Waals surface area contributed by atoms with Gasteiger partial charge in [-0.15, -0.1) is 11.3 Å². The molecule has 3 nitrogen and oxygen atoms in total. The van der Waals surface area contributed by atoms with E-state index in [0.717, 1.165) is 11.0 Å². The Morgan fingerprint density at radius 2 is 1.79 bits per heavy atom. The standard InChI is InChI=1S/C14H18BNO2S/c1-9-11(12-10(19-9)7-6-8-16-12)15-17-13(2,3)14(4,5)18-15/h6-8H,1-5H3. The van der Waals surface area contributed by atoms with Crippen LogP contribution in [0.5, 0.6) is 0 Å². The number of fused-ring (bicyclic) bond motifs is 1. The maximum atomic E-state index is 6.14.